The average molecular weight is 442 g/mol. The van der Waals surface area contributed by atoms with E-state index in [1.54, 1.807) is 4.90 Å². The maximum atomic E-state index is 13.0. The van der Waals surface area contributed by atoms with Gasteiger partial charge in [0, 0.05) is 25.2 Å². The molecule has 2 aliphatic heterocycles. The van der Waals surface area contributed by atoms with Crippen molar-refractivity contribution in [3.05, 3.63) is 18.2 Å². The van der Waals surface area contributed by atoms with Gasteiger partial charge in [0.2, 0.25) is 5.95 Å². The molecule has 166 valence electrons. The fourth-order valence-electron chi connectivity index (χ4n) is 5.17. The number of carbonyl (C=O) groups excluding carboxylic acids is 1. The van der Waals surface area contributed by atoms with Gasteiger partial charge in [0.1, 0.15) is 0 Å². The molecular formula is C19H28FN5O4S. The Morgan fingerprint density at radius 3 is 2.67 bits per heavy atom. The Balaban J connectivity index is 1.36. The van der Waals surface area contributed by atoms with Gasteiger partial charge in [-0.2, -0.15) is 0 Å². The lowest BCUT2D eigenvalue weighted by molar-refractivity contribution is -0.00180. The Bertz CT molecular complexity index is 749. The van der Waals surface area contributed by atoms with E-state index in [-0.39, 0.29) is 48.1 Å². The lowest BCUT2D eigenvalue weighted by atomic mass is 9.96. The predicted octanol–water partition coefficient (Wildman–Crippen LogP) is 1.04. The number of thiol groups is 1. The van der Waals surface area contributed by atoms with Gasteiger partial charge in [0.15, 0.2) is 5.82 Å². The van der Waals surface area contributed by atoms with Gasteiger partial charge >= 0.3 is 6.09 Å². The third-order valence-electron chi connectivity index (χ3n) is 6.54. The number of methoxy groups -OCH3 is 1. The fourth-order valence-corrected chi connectivity index (χ4v) is 5.65. The van der Waals surface area contributed by atoms with Gasteiger partial charge in [-0.3, -0.25) is 4.90 Å². The number of hydrogen-bond donors (Lipinski definition) is 2. The zero-order valence-electron chi connectivity index (χ0n) is 16.9. The number of ether oxygens (including phenoxy) is 2. The van der Waals surface area contributed by atoms with E-state index in [2.05, 4.69) is 14.7 Å². The lowest BCUT2D eigenvalue weighted by Gasteiger charge is -2.34. The third-order valence-corrected chi connectivity index (χ3v) is 6.95. The summed E-state index contributed by atoms with van der Waals surface area (Å²) in [5, 5.41) is 0. The second-order valence-electron chi connectivity index (χ2n) is 8.07. The Morgan fingerprint density at radius 1 is 1.27 bits per heavy atom. The van der Waals surface area contributed by atoms with Gasteiger partial charge in [-0.1, -0.05) is 6.42 Å². The van der Waals surface area contributed by atoms with Crippen LogP contribution in [0, 0.1) is 11.7 Å². The van der Waals surface area contributed by atoms with Crippen molar-refractivity contribution in [1.29, 1.82) is 0 Å². The summed E-state index contributed by atoms with van der Waals surface area (Å²) >= 11 is -0.136. The average Bonchev–Trinajstić information content (AvgIpc) is 3.34. The molecule has 0 unspecified atom stereocenters. The smallest absolute Gasteiger partial charge is 0.410 e. The molecule has 30 heavy (non-hydrogen) atoms. The molecule has 0 radical (unpaired) electrons. The summed E-state index contributed by atoms with van der Waals surface area (Å²) in [5.74, 6) is 0.333. The van der Waals surface area contributed by atoms with Crippen LogP contribution in [0.5, 0.6) is 0 Å². The maximum absolute atomic E-state index is 13.0. The van der Waals surface area contributed by atoms with Crippen LogP contribution >= 0.6 is 0 Å². The molecule has 1 N–H and O–H groups in total. The number of nitrogens with zero attached hydrogens (tertiary/aromatic N) is 4. The Labute approximate surface area is 178 Å². The SMILES string of the molecule is COC(=O)N1[C@@H]2CCC[C@@H]2[C@H](N[SH]=O)[C@@H]1COC1CCN(c2ncc(F)cn2)CC1. The largest absolute Gasteiger partial charge is 0.453 e. The van der Waals surface area contributed by atoms with Crippen LogP contribution in [0.2, 0.25) is 0 Å². The Morgan fingerprint density at radius 2 is 2.00 bits per heavy atom. The Hall–Kier alpha value is -1.85. The van der Waals surface area contributed by atoms with E-state index in [0.717, 1.165) is 32.1 Å². The van der Waals surface area contributed by atoms with Crippen LogP contribution in [0.15, 0.2) is 12.4 Å². The number of nitrogens with one attached hydrogen (secondary N) is 1. The molecule has 2 saturated heterocycles. The molecule has 1 aliphatic carbocycles. The second kappa shape index (κ2) is 9.52. The molecule has 3 aliphatic rings. The van der Waals surface area contributed by atoms with Crippen molar-refractivity contribution in [2.75, 3.05) is 31.7 Å². The third kappa shape index (κ3) is 4.28. The molecule has 0 aromatic carbocycles. The summed E-state index contributed by atoms with van der Waals surface area (Å²) in [5.41, 5.74) is 0. The standard InChI is InChI=1S/C19H28FN5O4S/c1-28-19(26)25-15-4-2-3-14(15)17(23-30-27)16(25)11-29-13-5-7-24(8-6-13)18-21-9-12(20)10-22-18/h9-10,13-17,30H,2-8,11H2,1H3,(H,23,27)/t14-,15+,16-,17-/m0/s1. The molecular weight excluding hydrogens is 413 g/mol. The van der Waals surface area contributed by atoms with Crippen LogP contribution in [-0.4, -0.2) is 76.2 Å². The molecule has 1 aromatic heterocycles. The van der Waals surface area contributed by atoms with Gasteiger partial charge in [0.25, 0.3) is 0 Å². The van der Waals surface area contributed by atoms with Crippen LogP contribution in [0.1, 0.15) is 32.1 Å². The van der Waals surface area contributed by atoms with Crippen molar-refractivity contribution in [2.24, 2.45) is 5.92 Å². The van der Waals surface area contributed by atoms with Crippen molar-refractivity contribution in [3.63, 3.8) is 0 Å². The minimum absolute atomic E-state index is 0.0482. The van der Waals surface area contributed by atoms with Crippen LogP contribution in [0.3, 0.4) is 0 Å². The first-order valence-electron chi connectivity index (χ1n) is 10.4. The summed E-state index contributed by atoms with van der Waals surface area (Å²) < 4.78 is 38.6. The number of hydrogen-bond acceptors (Lipinski definition) is 7. The normalized spacial score (nSPS) is 29.3. The number of anilines is 1. The van der Waals surface area contributed by atoms with Crippen molar-refractivity contribution in [1.82, 2.24) is 19.6 Å². The molecule has 0 spiro atoms. The zero-order valence-corrected chi connectivity index (χ0v) is 17.8. The van der Waals surface area contributed by atoms with Crippen molar-refractivity contribution in [2.45, 2.75) is 56.3 Å². The Kier molecular flexibility index (Phi) is 6.79. The van der Waals surface area contributed by atoms with E-state index in [1.807, 2.05) is 4.90 Å². The summed E-state index contributed by atoms with van der Waals surface area (Å²) in [4.78, 5) is 24.4. The second-order valence-corrected chi connectivity index (χ2v) is 8.51. The van der Waals surface area contributed by atoms with Crippen LogP contribution < -0.4 is 9.62 Å². The first kappa shape index (κ1) is 21.4. The number of carbonyl (C=O) groups is 1. The molecule has 4 atom stereocenters. The predicted molar refractivity (Wildman–Crippen MR) is 109 cm³/mol. The molecule has 9 nitrogen and oxygen atoms in total. The summed E-state index contributed by atoms with van der Waals surface area (Å²) in [6.07, 6.45) is 6.60. The topological polar surface area (TPSA) is 96.9 Å². The zero-order chi connectivity index (χ0) is 21.1. The number of halogens is 1. The minimum atomic E-state index is -0.450. The molecule has 4 rings (SSSR count). The number of piperidine rings is 1. The van der Waals surface area contributed by atoms with Crippen LogP contribution in [0.4, 0.5) is 15.1 Å². The number of fused-ring (bicyclic) bond motifs is 1. The first-order chi connectivity index (χ1) is 14.6. The number of aromatic nitrogens is 2. The highest BCUT2D eigenvalue weighted by Gasteiger charge is 2.53. The monoisotopic (exact) mass is 441 g/mol. The van der Waals surface area contributed by atoms with E-state index in [4.69, 9.17) is 9.47 Å². The lowest BCUT2D eigenvalue weighted by Crippen LogP contribution is -2.50. The van der Waals surface area contributed by atoms with Gasteiger partial charge in [-0.15, -0.1) is 0 Å². The summed E-state index contributed by atoms with van der Waals surface area (Å²) in [6.45, 7) is 1.80. The number of rotatable bonds is 6. The highest BCUT2D eigenvalue weighted by Crippen LogP contribution is 2.42. The van der Waals surface area contributed by atoms with Gasteiger partial charge < -0.3 is 14.4 Å². The quantitative estimate of drug-likeness (QED) is 0.637. The van der Waals surface area contributed by atoms with Crippen molar-refractivity contribution >= 4 is 23.9 Å². The van der Waals surface area contributed by atoms with Gasteiger partial charge in [0.05, 0.1) is 50.1 Å². The van der Waals surface area contributed by atoms with E-state index in [0.29, 0.717) is 25.6 Å². The molecule has 3 fully saturated rings. The van der Waals surface area contributed by atoms with Crippen LogP contribution in [-0.2, 0) is 21.3 Å². The van der Waals surface area contributed by atoms with E-state index >= 15 is 0 Å². The minimum Gasteiger partial charge on any atom is -0.453 e. The van der Waals surface area contributed by atoms with Crippen molar-refractivity contribution in [3.8, 4) is 0 Å². The maximum Gasteiger partial charge on any atom is 0.410 e. The van der Waals surface area contributed by atoms with Gasteiger partial charge in [-0.25, -0.2) is 28.1 Å². The molecule has 1 aromatic rings. The highest BCUT2D eigenvalue weighted by atomic mass is 32.2. The molecule has 1 amide bonds. The van der Waals surface area contributed by atoms with E-state index < -0.39 is 5.82 Å². The van der Waals surface area contributed by atoms with Crippen molar-refractivity contribution < 1.29 is 22.9 Å². The molecule has 11 heteroatoms. The first-order valence-corrected chi connectivity index (χ1v) is 11.2. The highest BCUT2D eigenvalue weighted by molar-refractivity contribution is 7.63. The molecule has 0 bridgehead atoms. The summed E-state index contributed by atoms with van der Waals surface area (Å²) in [7, 11) is 1.39. The van der Waals surface area contributed by atoms with E-state index in [1.165, 1.54) is 19.5 Å². The summed E-state index contributed by atoms with van der Waals surface area (Å²) in [6, 6.07) is -0.195. The fraction of sp³-hybridized carbons (Fsp3) is 0.737. The number of amides is 1. The van der Waals surface area contributed by atoms with E-state index in [9.17, 15) is 13.4 Å². The number of likely N-dealkylation sites (tertiary alicyclic amines) is 1. The van der Waals surface area contributed by atoms with Gasteiger partial charge in [-0.05, 0) is 31.6 Å². The van der Waals surface area contributed by atoms with Crippen LogP contribution in [0.25, 0.3) is 0 Å². The molecule has 1 saturated carbocycles. The molecule has 3 heterocycles.